The number of nitrogens with zero attached hydrogens (tertiary/aromatic N) is 1. The van der Waals surface area contributed by atoms with Crippen molar-refractivity contribution < 1.29 is 14.3 Å². The summed E-state index contributed by atoms with van der Waals surface area (Å²) >= 11 is 0. The van der Waals surface area contributed by atoms with Crippen LogP contribution in [0.4, 0.5) is 0 Å². The molecule has 1 amide bonds. The molecule has 15 heavy (non-hydrogen) atoms. The first kappa shape index (κ1) is 10.5. The molecule has 0 N–H and O–H groups in total. The third kappa shape index (κ3) is 1.98. The lowest BCUT2D eigenvalue weighted by Gasteiger charge is -2.37. The van der Waals surface area contributed by atoms with Gasteiger partial charge in [-0.2, -0.15) is 0 Å². The Morgan fingerprint density at radius 1 is 1.13 bits per heavy atom. The highest BCUT2D eigenvalue weighted by molar-refractivity contribution is 5.74. The molecule has 0 aromatic rings. The van der Waals surface area contributed by atoms with Gasteiger partial charge in [0.05, 0.1) is 0 Å². The van der Waals surface area contributed by atoms with E-state index in [1.807, 2.05) is 4.90 Å². The Labute approximate surface area is 89.6 Å². The molecule has 4 nitrogen and oxygen atoms in total. The van der Waals surface area contributed by atoms with E-state index in [2.05, 4.69) is 0 Å². The number of fused-ring (bicyclic) bond motifs is 2. The first-order valence-corrected chi connectivity index (χ1v) is 5.54. The molecule has 2 aliphatic heterocycles. The van der Waals surface area contributed by atoms with Crippen molar-refractivity contribution in [3.8, 4) is 0 Å². The molecular weight excluding hydrogens is 194 g/mol. The van der Waals surface area contributed by atoms with Crippen LogP contribution in [0.25, 0.3) is 0 Å². The monoisotopic (exact) mass is 211 g/mol. The van der Waals surface area contributed by atoms with E-state index in [1.54, 1.807) is 6.92 Å². The Bertz CT molecular complexity index is 276. The lowest BCUT2D eigenvalue weighted by molar-refractivity contribution is -0.151. The number of hydrogen-bond acceptors (Lipinski definition) is 3. The van der Waals surface area contributed by atoms with Crippen LogP contribution >= 0.6 is 0 Å². The van der Waals surface area contributed by atoms with Gasteiger partial charge in [0, 0.05) is 38.8 Å². The van der Waals surface area contributed by atoms with Gasteiger partial charge in [-0.1, -0.05) is 0 Å². The lowest BCUT2D eigenvalue weighted by Crippen LogP contribution is -2.47. The quantitative estimate of drug-likeness (QED) is 0.610. The summed E-state index contributed by atoms with van der Waals surface area (Å²) in [5, 5.41) is 0. The van der Waals surface area contributed by atoms with Crippen molar-refractivity contribution in [2.24, 2.45) is 0 Å². The van der Waals surface area contributed by atoms with Crippen LogP contribution in [0.15, 0.2) is 0 Å². The van der Waals surface area contributed by atoms with Crippen LogP contribution in [-0.4, -0.2) is 35.0 Å². The second-order valence-electron chi connectivity index (χ2n) is 4.51. The van der Waals surface area contributed by atoms with E-state index >= 15 is 0 Å². The molecule has 0 aromatic carbocycles. The predicted molar refractivity (Wildman–Crippen MR) is 54.1 cm³/mol. The van der Waals surface area contributed by atoms with Gasteiger partial charge in [0.25, 0.3) is 0 Å². The molecule has 2 rings (SSSR count). The maximum atomic E-state index is 11.4. The Hall–Kier alpha value is -1.06. The summed E-state index contributed by atoms with van der Waals surface area (Å²) in [6.07, 6.45) is 3.77. The van der Waals surface area contributed by atoms with Crippen LogP contribution < -0.4 is 0 Å². The molecule has 0 aromatic heterocycles. The van der Waals surface area contributed by atoms with Crippen LogP contribution in [0.1, 0.15) is 39.5 Å². The number of carbonyl (C=O) groups excluding carboxylic acids is 2. The molecule has 2 bridgehead atoms. The Kier molecular flexibility index (Phi) is 2.67. The van der Waals surface area contributed by atoms with Crippen molar-refractivity contribution in [2.75, 3.05) is 0 Å². The average molecular weight is 211 g/mol. The van der Waals surface area contributed by atoms with Crippen molar-refractivity contribution >= 4 is 11.9 Å². The van der Waals surface area contributed by atoms with Crippen LogP contribution in [-0.2, 0) is 14.3 Å². The van der Waals surface area contributed by atoms with Gasteiger partial charge in [-0.3, -0.25) is 9.59 Å². The van der Waals surface area contributed by atoms with Crippen LogP contribution in [0.5, 0.6) is 0 Å². The van der Waals surface area contributed by atoms with Gasteiger partial charge in [0.15, 0.2) is 0 Å². The highest BCUT2D eigenvalue weighted by Gasteiger charge is 2.42. The highest BCUT2D eigenvalue weighted by atomic mass is 16.5. The first-order valence-electron chi connectivity index (χ1n) is 5.54. The van der Waals surface area contributed by atoms with E-state index in [-0.39, 0.29) is 18.0 Å². The lowest BCUT2D eigenvalue weighted by atomic mass is 10.00. The summed E-state index contributed by atoms with van der Waals surface area (Å²) in [7, 11) is 0. The molecule has 2 aliphatic rings. The molecule has 0 aliphatic carbocycles. The summed E-state index contributed by atoms with van der Waals surface area (Å²) in [5.74, 6) is -0.0561. The van der Waals surface area contributed by atoms with Crippen molar-refractivity contribution in [1.82, 2.24) is 4.90 Å². The molecule has 2 atom stereocenters. The number of rotatable bonds is 1. The van der Waals surface area contributed by atoms with Crippen LogP contribution in [0.3, 0.4) is 0 Å². The van der Waals surface area contributed by atoms with Gasteiger partial charge in [0.1, 0.15) is 6.10 Å². The van der Waals surface area contributed by atoms with Crippen molar-refractivity contribution in [3.05, 3.63) is 0 Å². The molecule has 4 heteroatoms. The fourth-order valence-electron chi connectivity index (χ4n) is 2.97. The van der Waals surface area contributed by atoms with Crippen molar-refractivity contribution in [1.29, 1.82) is 0 Å². The molecule has 0 saturated carbocycles. The second-order valence-corrected chi connectivity index (χ2v) is 4.51. The van der Waals surface area contributed by atoms with Gasteiger partial charge in [-0.25, -0.2) is 0 Å². The van der Waals surface area contributed by atoms with Crippen LogP contribution in [0.2, 0.25) is 0 Å². The largest absolute Gasteiger partial charge is 0.462 e. The number of carbonyl (C=O) groups is 2. The maximum absolute atomic E-state index is 11.4. The standard InChI is InChI=1S/C11H17NO3/c1-7(13)12-9-3-4-10(12)6-11(5-9)15-8(2)14/h9-11H,3-6H2,1-2H3. The first-order chi connectivity index (χ1) is 7.08. The van der Waals surface area contributed by atoms with E-state index in [4.69, 9.17) is 4.74 Å². The number of piperidine rings is 1. The Morgan fingerprint density at radius 3 is 2.07 bits per heavy atom. The van der Waals surface area contributed by atoms with E-state index in [0.29, 0.717) is 12.1 Å². The number of esters is 1. The molecule has 0 radical (unpaired) electrons. The summed E-state index contributed by atoms with van der Waals surface area (Å²) in [6, 6.07) is 0.594. The number of amides is 1. The Morgan fingerprint density at radius 2 is 1.67 bits per heavy atom. The molecular formula is C11H17NO3. The summed E-state index contributed by atoms with van der Waals surface area (Å²) in [5.41, 5.74) is 0. The topological polar surface area (TPSA) is 46.6 Å². The molecule has 0 spiro atoms. The summed E-state index contributed by atoms with van der Waals surface area (Å²) in [6.45, 7) is 3.07. The zero-order chi connectivity index (χ0) is 11.0. The van der Waals surface area contributed by atoms with E-state index in [1.165, 1.54) is 6.92 Å². The molecule has 2 unspecified atom stereocenters. The van der Waals surface area contributed by atoms with Gasteiger partial charge < -0.3 is 9.64 Å². The molecule has 2 saturated heterocycles. The summed E-state index contributed by atoms with van der Waals surface area (Å²) in [4.78, 5) is 24.2. The maximum Gasteiger partial charge on any atom is 0.302 e. The average Bonchev–Trinajstić information content (AvgIpc) is 2.38. The van der Waals surface area contributed by atoms with E-state index in [0.717, 1.165) is 25.7 Å². The third-order valence-corrected chi connectivity index (χ3v) is 3.39. The highest BCUT2D eigenvalue weighted by Crippen LogP contribution is 2.36. The fourth-order valence-corrected chi connectivity index (χ4v) is 2.97. The van der Waals surface area contributed by atoms with Gasteiger partial charge in [-0.05, 0) is 12.8 Å². The van der Waals surface area contributed by atoms with Gasteiger partial charge in [0.2, 0.25) is 5.91 Å². The predicted octanol–water partition coefficient (Wildman–Crippen LogP) is 1.09. The number of hydrogen-bond donors (Lipinski definition) is 0. The minimum Gasteiger partial charge on any atom is -0.462 e. The SMILES string of the molecule is CC(=O)OC1CC2CCC(C1)N2C(C)=O. The van der Waals surface area contributed by atoms with Crippen molar-refractivity contribution in [2.45, 2.75) is 57.7 Å². The van der Waals surface area contributed by atoms with Gasteiger partial charge in [-0.15, -0.1) is 0 Å². The van der Waals surface area contributed by atoms with Gasteiger partial charge >= 0.3 is 5.97 Å². The van der Waals surface area contributed by atoms with E-state index in [9.17, 15) is 9.59 Å². The minimum atomic E-state index is -0.212. The van der Waals surface area contributed by atoms with Crippen LogP contribution in [0, 0.1) is 0 Å². The normalized spacial score (nSPS) is 34.0. The molecule has 2 heterocycles. The van der Waals surface area contributed by atoms with E-state index < -0.39 is 0 Å². The van der Waals surface area contributed by atoms with Crippen molar-refractivity contribution in [3.63, 3.8) is 0 Å². The minimum absolute atomic E-state index is 0.0237. The third-order valence-electron chi connectivity index (χ3n) is 3.39. The second kappa shape index (κ2) is 3.83. The smallest absolute Gasteiger partial charge is 0.302 e. The Balaban J connectivity index is 2.01. The zero-order valence-electron chi connectivity index (χ0n) is 9.23. The summed E-state index contributed by atoms with van der Waals surface area (Å²) < 4.78 is 5.22. The fraction of sp³-hybridized carbons (Fsp3) is 0.818. The zero-order valence-corrected chi connectivity index (χ0v) is 9.23. The molecule has 2 fully saturated rings. The number of ether oxygens (including phenoxy) is 1. The molecule has 84 valence electrons.